The number of carbonyl (C=O) groups excluding carboxylic acids is 2. The Morgan fingerprint density at radius 1 is 1.38 bits per heavy atom. The van der Waals surface area contributed by atoms with E-state index in [1.165, 1.54) is 6.33 Å². The minimum atomic E-state index is -0.985. The minimum Gasteiger partial charge on any atom is -0.465 e. The number of aromatic nitrogens is 3. The third-order valence-electron chi connectivity index (χ3n) is 3.35. The predicted molar refractivity (Wildman–Crippen MR) is 73.4 cm³/mol. The van der Waals surface area contributed by atoms with E-state index in [4.69, 9.17) is 4.74 Å². The summed E-state index contributed by atoms with van der Waals surface area (Å²) in [5, 5.41) is 6.70. The molecule has 1 N–H and O–H groups in total. The van der Waals surface area contributed by atoms with E-state index in [2.05, 4.69) is 15.4 Å². The van der Waals surface area contributed by atoms with Gasteiger partial charge in [-0.05, 0) is 12.5 Å². The molecule has 21 heavy (non-hydrogen) atoms. The number of rotatable bonds is 3. The quantitative estimate of drug-likeness (QED) is 0.672. The van der Waals surface area contributed by atoms with Crippen LogP contribution >= 0.6 is 0 Å². The van der Waals surface area contributed by atoms with Crippen molar-refractivity contribution in [3.63, 3.8) is 0 Å². The van der Waals surface area contributed by atoms with Crippen molar-refractivity contribution >= 4 is 17.8 Å². The van der Waals surface area contributed by atoms with Crippen LogP contribution in [-0.4, -0.2) is 33.2 Å². The molecule has 0 spiro atoms. The first-order valence-corrected chi connectivity index (χ1v) is 6.64. The van der Waals surface area contributed by atoms with Crippen molar-refractivity contribution in [2.24, 2.45) is 5.92 Å². The molecule has 7 nitrogen and oxygen atoms in total. The summed E-state index contributed by atoms with van der Waals surface area (Å²) in [5.41, 5.74) is 0.803. The van der Waals surface area contributed by atoms with E-state index < -0.39 is 23.8 Å². The molecular weight excluding hydrogens is 272 g/mol. The summed E-state index contributed by atoms with van der Waals surface area (Å²) in [5.74, 6) is -1.65. The van der Waals surface area contributed by atoms with Crippen LogP contribution in [0, 0.1) is 5.92 Å². The van der Waals surface area contributed by atoms with Gasteiger partial charge in [0.2, 0.25) is 11.9 Å². The van der Waals surface area contributed by atoms with E-state index in [0.29, 0.717) is 5.95 Å². The number of fused-ring (bicyclic) bond motifs is 1. The Labute approximate surface area is 120 Å². The highest BCUT2D eigenvalue weighted by molar-refractivity contribution is 6.06. The fourth-order valence-electron chi connectivity index (χ4n) is 2.47. The van der Waals surface area contributed by atoms with Crippen LogP contribution in [0.5, 0.6) is 0 Å². The number of benzene rings is 1. The molecular formula is C14H14N4O3. The number of anilines is 1. The van der Waals surface area contributed by atoms with Gasteiger partial charge in [0.1, 0.15) is 12.4 Å². The van der Waals surface area contributed by atoms with Crippen molar-refractivity contribution in [2.45, 2.75) is 13.0 Å². The second kappa shape index (κ2) is 5.35. The van der Waals surface area contributed by atoms with E-state index in [1.54, 1.807) is 11.6 Å². The zero-order valence-corrected chi connectivity index (χ0v) is 11.4. The van der Waals surface area contributed by atoms with Crippen molar-refractivity contribution in [3.8, 4) is 0 Å². The van der Waals surface area contributed by atoms with Gasteiger partial charge >= 0.3 is 5.97 Å². The summed E-state index contributed by atoms with van der Waals surface area (Å²) in [7, 11) is 0. The number of nitrogens with one attached hydrogen (secondary N) is 1. The summed E-state index contributed by atoms with van der Waals surface area (Å²) in [6, 6.07) is 8.70. The lowest BCUT2D eigenvalue weighted by Crippen LogP contribution is -2.43. The molecule has 1 aromatic carbocycles. The van der Waals surface area contributed by atoms with Gasteiger partial charge in [0.05, 0.1) is 6.61 Å². The first kappa shape index (κ1) is 13.3. The summed E-state index contributed by atoms with van der Waals surface area (Å²) in [6.45, 7) is 1.92. The van der Waals surface area contributed by atoms with Crippen LogP contribution in [0.1, 0.15) is 18.5 Å². The van der Waals surface area contributed by atoms with E-state index in [9.17, 15) is 9.59 Å². The predicted octanol–water partition coefficient (Wildman–Crippen LogP) is 0.999. The maximum absolute atomic E-state index is 12.3. The number of carbonyl (C=O) groups is 2. The van der Waals surface area contributed by atoms with Crippen molar-refractivity contribution in [2.75, 3.05) is 11.9 Å². The van der Waals surface area contributed by atoms with E-state index >= 15 is 0 Å². The van der Waals surface area contributed by atoms with Crippen LogP contribution in [0.2, 0.25) is 0 Å². The van der Waals surface area contributed by atoms with Gasteiger partial charge in [-0.1, -0.05) is 30.3 Å². The van der Waals surface area contributed by atoms with Gasteiger partial charge in [0, 0.05) is 0 Å². The maximum atomic E-state index is 12.3. The molecule has 0 saturated carbocycles. The average molecular weight is 286 g/mol. The van der Waals surface area contributed by atoms with Gasteiger partial charge in [0.15, 0.2) is 5.92 Å². The number of hydrogen-bond acceptors (Lipinski definition) is 5. The molecule has 0 saturated heterocycles. The van der Waals surface area contributed by atoms with Crippen LogP contribution in [-0.2, 0) is 14.3 Å². The maximum Gasteiger partial charge on any atom is 0.321 e. The molecule has 0 unspecified atom stereocenters. The molecule has 108 valence electrons. The molecule has 0 bridgehead atoms. The highest BCUT2D eigenvalue weighted by Gasteiger charge is 2.43. The van der Waals surface area contributed by atoms with E-state index in [1.807, 2.05) is 30.3 Å². The van der Waals surface area contributed by atoms with Crippen LogP contribution in [0.25, 0.3) is 0 Å². The van der Waals surface area contributed by atoms with Crippen molar-refractivity contribution < 1.29 is 14.3 Å². The second-order valence-corrected chi connectivity index (χ2v) is 4.60. The zero-order valence-electron chi connectivity index (χ0n) is 11.4. The largest absolute Gasteiger partial charge is 0.465 e. The van der Waals surface area contributed by atoms with Gasteiger partial charge < -0.3 is 4.74 Å². The summed E-state index contributed by atoms with van der Waals surface area (Å²) in [4.78, 5) is 28.4. The molecule has 1 amide bonds. The molecule has 2 heterocycles. The lowest BCUT2D eigenvalue weighted by Gasteiger charge is -2.30. The van der Waals surface area contributed by atoms with Crippen LogP contribution in [0.4, 0.5) is 5.95 Å². The molecule has 0 fully saturated rings. The van der Waals surface area contributed by atoms with Gasteiger partial charge in [-0.3, -0.25) is 14.9 Å². The SMILES string of the molecule is CCOC(=O)[C@@H]1C(=O)Nc2ncnn2[C@@H]1c1ccccc1. The lowest BCUT2D eigenvalue weighted by atomic mass is 9.91. The normalized spacial score (nSPS) is 20.5. The van der Waals surface area contributed by atoms with Gasteiger partial charge in [-0.25, -0.2) is 4.68 Å². The van der Waals surface area contributed by atoms with Crippen molar-refractivity contribution in [1.29, 1.82) is 0 Å². The fourth-order valence-corrected chi connectivity index (χ4v) is 2.47. The monoisotopic (exact) mass is 286 g/mol. The molecule has 2 aromatic rings. The van der Waals surface area contributed by atoms with Gasteiger partial charge in [0.25, 0.3) is 0 Å². The molecule has 0 radical (unpaired) electrons. The number of ether oxygens (including phenoxy) is 1. The number of hydrogen-bond donors (Lipinski definition) is 1. The minimum absolute atomic E-state index is 0.217. The molecule has 1 aliphatic rings. The Balaban J connectivity index is 2.09. The average Bonchev–Trinajstić information content (AvgIpc) is 2.94. The third-order valence-corrected chi connectivity index (χ3v) is 3.35. The standard InChI is InChI=1S/C14H14N4O3/c1-2-21-13(20)10-11(9-6-4-3-5-7-9)18-14(15-8-16-18)17-12(10)19/h3-8,10-11H,2H2,1H3,(H,15,16,17,19)/t10-,11+/m0/s1. The first-order valence-electron chi connectivity index (χ1n) is 6.64. The van der Waals surface area contributed by atoms with Crippen molar-refractivity contribution in [1.82, 2.24) is 14.8 Å². The topological polar surface area (TPSA) is 86.1 Å². The smallest absolute Gasteiger partial charge is 0.321 e. The molecule has 3 rings (SSSR count). The zero-order chi connectivity index (χ0) is 14.8. The first-order chi connectivity index (χ1) is 10.2. The van der Waals surface area contributed by atoms with E-state index in [-0.39, 0.29) is 6.61 Å². The molecule has 0 aliphatic carbocycles. The Morgan fingerprint density at radius 3 is 2.86 bits per heavy atom. The molecule has 1 aliphatic heterocycles. The lowest BCUT2D eigenvalue weighted by molar-refractivity contribution is -0.152. The van der Waals surface area contributed by atoms with Crippen LogP contribution in [0.3, 0.4) is 0 Å². The highest BCUT2D eigenvalue weighted by Crippen LogP contribution is 2.33. The van der Waals surface area contributed by atoms with Crippen LogP contribution in [0.15, 0.2) is 36.7 Å². The Kier molecular flexibility index (Phi) is 3.39. The summed E-state index contributed by atoms with van der Waals surface area (Å²) >= 11 is 0. The highest BCUT2D eigenvalue weighted by atomic mass is 16.5. The van der Waals surface area contributed by atoms with E-state index in [0.717, 1.165) is 5.56 Å². The molecule has 1 aromatic heterocycles. The number of esters is 1. The third kappa shape index (κ3) is 2.26. The number of nitrogens with zero attached hydrogens (tertiary/aromatic N) is 3. The van der Waals surface area contributed by atoms with Gasteiger partial charge in [-0.15, -0.1) is 0 Å². The summed E-state index contributed by atoms with van der Waals surface area (Å²) in [6.07, 6.45) is 1.35. The Morgan fingerprint density at radius 2 is 2.14 bits per heavy atom. The van der Waals surface area contributed by atoms with Crippen LogP contribution < -0.4 is 5.32 Å². The Hall–Kier alpha value is -2.70. The molecule has 2 atom stereocenters. The second-order valence-electron chi connectivity index (χ2n) is 4.60. The van der Waals surface area contributed by atoms with Gasteiger partial charge in [-0.2, -0.15) is 10.1 Å². The fraction of sp³-hybridized carbons (Fsp3) is 0.286. The number of amides is 1. The summed E-state index contributed by atoms with van der Waals surface area (Å²) < 4.78 is 6.57. The molecule has 7 heteroatoms. The Bertz CT molecular complexity index is 668. The van der Waals surface area contributed by atoms with Crippen molar-refractivity contribution in [3.05, 3.63) is 42.2 Å².